The van der Waals surface area contributed by atoms with Gasteiger partial charge in [-0.1, -0.05) is 39.8 Å². The predicted molar refractivity (Wildman–Crippen MR) is 118 cm³/mol. The minimum Gasteiger partial charge on any atom is -0.465 e. The fourth-order valence-corrected chi connectivity index (χ4v) is 4.31. The second kappa shape index (κ2) is 10.0. The van der Waals surface area contributed by atoms with Gasteiger partial charge in [0.15, 0.2) is 5.16 Å². The predicted octanol–water partition coefficient (Wildman–Crippen LogP) is 4.27. The van der Waals surface area contributed by atoms with Crippen LogP contribution in [0.2, 0.25) is 0 Å². The van der Waals surface area contributed by atoms with Gasteiger partial charge < -0.3 is 9.47 Å². The second-order valence-electron chi connectivity index (χ2n) is 6.34. The summed E-state index contributed by atoms with van der Waals surface area (Å²) >= 11 is 4.97. The normalized spacial score (nSPS) is 11.0. The number of carbonyl (C=O) groups excluding carboxylic acids is 1. The second-order valence-corrected chi connectivity index (χ2v) is 8.20. The molecule has 3 rings (SSSR count). The van der Waals surface area contributed by atoms with E-state index in [1.165, 1.54) is 18.9 Å². The van der Waals surface area contributed by atoms with Crippen LogP contribution in [0.5, 0.6) is 0 Å². The molecule has 3 aromatic rings. The fraction of sp³-hybridized carbons (Fsp3) is 0.286. The zero-order valence-corrected chi connectivity index (χ0v) is 18.6. The Morgan fingerprint density at radius 2 is 2.03 bits per heavy atom. The lowest BCUT2D eigenvalue weighted by atomic mass is 10.1. The summed E-state index contributed by atoms with van der Waals surface area (Å²) < 4.78 is 12.6. The first-order chi connectivity index (χ1) is 14.0. The molecule has 0 saturated heterocycles. The Morgan fingerprint density at radius 3 is 2.76 bits per heavy atom. The van der Waals surface area contributed by atoms with Gasteiger partial charge in [0.05, 0.1) is 23.6 Å². The molecular weight excluding hydrogens is 456 g/mol. The smallest absolute Gasteiger partial charge is 0.337 e. The van der Waals surface area contributed by atoms with Crippen LogP contribution in [-0.2, 0) is 21.8 Å². The number of halogens is 1. The van der Waals surface area contributed by atoms with Crippen molar-refractivity contribution in [3.63, 3.8) is 0 Å². The molecule has 1 heterocycles. The highest BCUT2D eigenvalue weighted by Crippen LogP contribution is 2.24. The van der Waals surface area contributed by atoms with Gasteiger partial charge in [-0.3, -0.25) is 9.36 Å². The van der Waals surface area contributed by atoms with Crippen LogP contribution in [0.4, 0.5) is 0 Å². The first kappa shape index (κ1) is 21.5. The summed E-state index contributed by atoms with van der Waals surface area (Å²) in [6.07, 6.45) is 0.703. The highest BCUT2D eigenvalue weighted by atomic mass is 79.9. The van der Waals surface area contributed by atoms with Gasteiger partial charge >= 0.3 is 5.97 Å². The summed E-state index contributed by atoms with van der Waals surface area (Å²) in [7, 11) is 2.96. The molecule has 0 spiro atoms. The van der Waals surface area contributed by atoms with Gasteiger partial charge in [-0.25, -0.2) is 9.78 Å². The number of rotatable bonds is 8. The number of hydrogen-bond acceptors (Lipinski definition) is 6. The van der Waals surface area contributed by atoms with Crippen molar-refractivity contribution in [1.82, 2.24) is 9.55 Å². The van der Waals surface area contributed by atoms with Gasteiger partial charge in [0, 0.05) is 30.5 Å². The maximum Gasteiger partial charge on any atom is 0.337 e. The van der Waals surface area contributed by atoms with E-state index in [0.717, 1.165) is 10.0 Å². The van der Waals surface area contributed by atoms with Crippen molar-refractivity contribution in [3.05, 3.63) is 68.4 Å². The molecule has 0 aliphatic carbocycles. The van der Waals surface area contributed by atoms with E-state index in [1.807, 2.05) is 24.3 Å². The largest absolute Gasteiger partial charge is 0.465 e. The molecule has 0 atom stereocenters. The molecule has 0 aliphatic heterocycles. The van der Waals surface area contributed by atoms with Gasteiger partial charge in [0.25, 0.3) is 5.56 Å². The minimum absolute atomic E-state index is 0.126. The van der Waals surface area contributed by atoms with E-state index in [-0.39, 0.29) is 5.56 Å². The molecule has 8 heteroatoms. The summed E-state index contributed by atoms with van der Waals surface area (Å²) in [6.45, 7) is 1.07. The monoisotopic (exact) mass is 476 g/mol. The van der Waals surface area contributed by atoms with E-state index in [9.17, 15) is 9.59 Å². The van der Waals surface area contributed by atoms with Crippen LogP contribution in [0.15, 0.2) is 56.9 Å². The number of carbonyl (C=O) groups is 1. The molecule has 0 bridgehead atoms. The molecule has 0 N–H and O–H groups in total. The number of esters is 1. The standard InChI is InChI=1S/C21H21BrN2O4S/c1-27-10-4-9-24-19(25)17-8-7-15(20(26)28-2)12-18(17)23-21(24)29-13-14-5-3-6-16(22)11-14/h3,5-8,11-12H,4,9-10,13H2,1-2H3. The van der Waals surface area contributed by atoms with Gasteiger partial charge in [0.1, 0.15) is 0 Å². The van der Waals surface area contributed by atoms with E-state index < -0.39 is 5.97 Å². The number of ether oxygens (including phenoxy) is 2. The first-order valence-electron chi connectivity index (χ1n) is 9.02. The van der Waals surface area contributed by atoms with Crippen molar-refractivity contribution >= 4 is 44.6 Å². The number of hydrogen-bond donors (Lipinski definition) is 0. The Kier molecular flexibility index (Phi) is 7.46. The van der Waals surface area contributed by atoms with Crippen molar-refractivity contribution in [1.29, 1.82) is 0 Å². The average molecular weight is 477 g/mol. The zero-order chi connectivity index (χ0) is 20.8. The van der Waals surface area contributed by atoms with Crippen LogP contribution in [0.25, 0.3) is 10.9 Å². The Hall–Kier alpha value is -2.16. The van der Waals surface area contributed by atoms with Gasteiger partial charge in [0.2, 0.25) is 0 Å². The van der Waals surface area contributed by atoms with E-state index in [0.29, 0.717) is 46.9 Å². The molecule has 152 valence electrons. The number of fused-ring (bicyclic) bond motifs is 1. The first-order valence-corrected chi connectivity index (χ1v) is 10.8. The van der Waals surface area contributed by atoms with Crippen molar-refractivity contribution < 1.29 is 14.3 Å². The average Bonchev–Trinajstić information content (AvgIpc) is 2.73. The molecule has 2 aromatic carbocycles. The van der Waals surface area contributed by atoms with Crippen LogP contribution in [0.1, 0.15) is 22.3 Å². The molecule has 0 fully saturated rings. The third-order valence-corrected chi connectivity index (χ3v) is 5.87. The van der Waals surface area contributed by atoms with Crippen LogP contribution >= 0.6 is 27.7 Å². The maximum atomic E-state index is 13.1. The molecule has 6 nitrogen and oxygen atoms in total. The van der Waals surface area contributed by atoms with E-state index in [4.69, 9.17) is 14.5 Å². The summed E-state index contributed by atoms with van der Waals surface area (Å²) in [5.74, 6) is 0.208. The Bertz CT molecular complexity index is 1080. The lowest BCUT2D eigenvalue weighted by molar-refractivity contribution is 0.0601. The molecule has 0 radical (unpaired) electrons. The van der Waals surface area contributed by atoms with Crippen molar-refractivity contribution in [2.45, 2.75) is 23.9 Å². The lowest BCUT2D eigenvalue weighted by Gasteiger charge is -2.13. The molecule has 0 saturated carbocycles. The number of nitrogens with zero attached hydrogens (tertiary/aromatic N) is 2. The van der Waals surface area contributed by atoms with Gasteiger partial charge in [-0.05, 0) is 42.3 Å². The quantitative estimate of drug-likeness (QED) is 0.209. The van der Waals surface area contributed by atoms with Crippen LogP contribution in [0, 0.1) is 0 Å². The molecule has 0 aliphatic rings. The van der Waals surface area contributed by atoms with Crippen LogP contribution in [-0.4, -0.2) is 36.3 Å². The van der Waals surface area contributed by atoms with Gasteiger partial charge in [-0.2, -0.15) is 0 Å². The third-order valence-electron chi connectivity index (χ3n) is 4.33. The van der Waals surface area contributed by atoms with Crippen molar-refractivity contribution in [2.24, 2.45) is 0 Å². The van der Waals surface area contributed by atoms with Crippen LogP contribution in [0.3, 0.4) is 0 Å². The summed E-state index contributed by atoms with van der Waals surface area (Å²) in [6, 6.07) is 12.8. The Balaban J connectivity index is 2.01. The molecular formula is C21H21BrN2O4S. The summed E-state index contributed by atoms with van der Waals surface area (Å²) in [5, 5.41) is 1.09. The molecule has 0 amide bonds. The van der Waals surface area contributed by atoms with E-state index in [2.05, 4.69) is 15.9 Å². The molecule has 29 heavy (non-hydrogen) atoms. The molecule has 0 unspecified atom stereocenters. The van der Waals surface area contributed by atoms with Crippen LogP contribution < -0.4 is 5.56 Å². The number of aromatic nitrogens is 2. The molecule has 1 aromatic heterocycles. The highest BCUT2D eigenvalue weighted by Gasteiger charge is 2.14. The summed E-state index contributed by atoms with van der Waals surface area (Å²) in [5.41, 5.74) is 1.84. The lowest BCUT2D eigenvalue weighted by Crippen LogP contribution is -2.24. The topological polar surface area (TPSA) is 70.4 Å². The van der Waals surface area contributed by atoms with E-state index in [1.54, 1.807) is 29.9 Å². The summed E-state index contributed by atoms with van der Waals surface area (Å²) in [4.78, 5) is 29.7. The Morgan fingerprint density at radius 1 is 1.21 bits per heavy atom. The SMILES string of the molecule is COCCCn1c(SCc2cccc(Br)c2)nc2cc(C(=O)OC)ccc2c1=O. The van der Waals surface area contributed by atoms with Gasteiger partial charge in [-0.15, -0.1) is 0 Å². The number of methoxy groups -OCH3 is 2. The Labute approximate surface area is 181 Å². The van der Waals surface area contributed by atoms with Crippen molar-refractivity contribution in [3.8, 4) is 0 Å². The van der Waals surface area contributed by atoms with Crippen molar-refractivity contribution in [2.75, 3.05) is 20.8 Å². The fourth-order valence-electron chi connectivity index (χ4n) is 2.89. The third kappa shape index (κ3) is 5.26. The van der Waals surface area contributed by atoms with E-state index >= 15 is 0 Å². The zero-order valence-electron chi connectivity index (χ0n) is 16.2. The highest BCUT2D eigenvalue weighted by molar-refractivity contribution is 9.10. The minimum atomic E-state index is -0.457. The number of benzene rings is 2. The number of thioether (sulfide) groups is 1. The maximum absolute atomic E-state index is 13.1.